The Labute approximate surface area is 127 Å². The first-order chi connectivity index (χ1) is 9.97. The topological polar surface area (TPSA) is 67.2 Å². The Morgan fingerprint density at radius 2 is 1.90 bits per heavy atom. The summed E-state index contributed by atoms with van der Waals surface area (Å²) in [4.78, 5) is 10.7. The minimum atomic E-state index is -0.616. The van der Waals surface area contributed by atoms with Crippen LogP contribution in [0, 0.1) is 5.82 Å². The minimum Gasteiger partial charge on any atom is -0.376 e. The van der Waals surface area contributed by atoms with Gasteiger partial charge in [0.1, 0.15) is 0 Å². The van der Waals surface area contributed by atoms with Gasteiger partial charge in [-0.3, -0.25) is 0 Å². The summed E-state index contributed by atoms with van der Waals surface area (Å²) in [6.45, 7) is 1.90. The van der Waals surface area contributed by atoms with Gasteiger partial charge >= 0.3 is 6.03 Å². The number of carbonyl (C=O) groups is 1. The van der Waals surface area contributed by atoms with Gasteiger partial charge in [0.05, 0.1) is 10.7 Å². The number of hydrogen-bond donors (Lipinski definition) is 3. The summed E-state index contributed by atoms with van der Waals surface area (Å²) in [5.74, 6) is -0.474. The molecular formula is C15H15ClFN3O. The molecule has 0 aliphatic carbocycles. The average molecular weight is 308 g/mol. The van der Waals surface area contributed by atoms with E-state index in [2.05, 4.69) is 10.6 Å². The van der Waals surface area contributed by atoms with Crippen LogP contribution in [0.25, 0.3) is 0 Å². The molecule has 0 fully saturated rings. The van der Waals surface area contributed by atoms with E-state index >= 15 is 0 Å². The Morgan fingerprint density at radius 3 is 2.52 bits per heavy atom. The molecule has 2 aromatic carbocycles. The maximum atomic E-state index is 13.8. The van der Waals surface area contributed by atoms with Crippen LogP contribution in [0.5, 0.6) is 0 Å². The van der Waals surface area contributed by atoms with E-state index in [1.165, 1.54) is 6.07 Å². The molecule has 21 heavy (non-hydrogen) atoms. The molecule has 0 heterocycles. The van der Waals surface area contributed by atoms with Crippen LogP contribution in [0.15, 0.2) is 42.5 Å². The second-order valence-corrected chi connectivity index (χ2v) is 4.99. The van der Waals surface area contributed by atoms with Crippen LogP contribution in [0.2, 0.25) is 5.02 Å². The molecule has 4 nitrogen and oxygen atoms in total. The number of anilines is 2. The van der Waals surface area contributed by atoms with Crippen molar-refractivity contribution in [3.63, 3.8) is 0 Å². The van der Waals surface area contributed by atoms with E-state index in [1.54, 1.807) is 24.3 Å². The molecule has 0 saturated carbocycles. The zero-order valence-electron chi connectivity index (χ0n) is 11.4. The first-order valence-electron chi connectivity index (χ1n) is 6.34. The predicted octanol–water partition coefficient (Wildman–Crippen LogP) is 4.14. The molecular weight excluding hydrogens is 293 g/mol. The maximum absolute atomic E-state index is 13.8. The number of nitrogens with one attached hydrogen (secondary N) is 2. The van der Waals surface area contributed by atoms with Crippen LogP contribution in [0.3, 0.4) is 0 Å². The highest BCUT2D eigenvalue weighted by Crippen LogP contribution is 2.26. The van der Waals surface area contributed by atoms with Crippen molar-refractivity contribution in [3.8, 4) is 0 Å². The first kappa shape index (κ1) is 15.1. The molecule has 2 rings (SSSR count). The number of halogens is 2. The molecule has 4 N–H and O–H groups in total. The van der Waals surface area contributed by atoms with Crippen LogP contribution in [-0.2, 0) is 0 Å². The van der Waals surface area contributed by atoms with E-state index in [4.69, 9.17) is 17.3 Å². The minimum absolute atomic E-state index is 0.0770. The van der Waals surface area contributed by atoms with Crippen molar-refractivity contribution in [2.45, 2.75) is 13.0 Å². The van der Waals surface area contributed by atoms with Gasteiger partial charge in [-0.05, 0) is 36.8 Å². The van der Waals surface area contributed by atoms with Gasteiger partial charge in [0.25, 0.3) is 0 Å². The Hall–Kier alpha value is -2.27. The summed E-state index contributed by atoms with van der Waals surface area (Å²) in [5, 5.41) is 5.61. The Balaban J connectivity index is 2.11. The SMILES string of the molecule is CC(Nc1cccc(Cl)c1F)c1ccc(NC(N)=O)cc1. The number of hydrogen-bond acceptors (Lipinski definition) is 2. The fourth-order valence-corrected chi connectivity index (χ4v) is 2.10. The molecule has 1 atom stereocenters. The molecule has 6 heteroatoms. The molecule has 0 spiro atoms. The van der Waals surface area contributed by atoms with Crippen LogP contribution < -0.4 is 16.4 Å². The third kappa shape index (κ3) is 3.86. The van der Waals surface area contributed by atoms with Crippen molar-refractivity contribution < 1.29 is 9.18 Å². The van der Waals surface area contributed by atoms with Gasteiger partial charge < -0.3 is 16.4 Å². The Kier molecular flexibility index (Phi) is 4.65. The smallest absolute Gasteiger partial charge is 0.316 e. The van der Waals surface area contributed by atoms with E-state index in [9.17, 15) is 9.18 Å². The van der Waals surface area contributed by atoms with Gasteiger partial charge in [0.15, 0.2) is 5.82 Å². The number of primary amides is 1. The van der Waals surface area contributed by atoms with Crippen molar-refractivity contribution in [2.24, 2.45) is 5.73 Å². The molecule has 110 valence electrons. The van der Waals surface area contributed by atoms with E-state index in [1.807, 2.05) is 19.1 Å². The zero-order chi connectivity index (χ0) is 15.4. The third-order valence-corrected chi connectivity index (χ3v) is 3.29. The lowest BCUT2D eigenvalue weighted by Gasteiger charge is -2.17. The van der Waals surface area contributed by atoms with Crippen molar-refractivity contribution in [1.29, 1.82) is 0 Å². The van der Waals surface area contributed by atoms with E-state index < -0.39 is 11.8 Å². The van der Waals surface area contributed by atoms with Crippen LogP contribution in [-0.4, -0.2) is 6.03 Å². The maximum Gasteiger partial charge on any atom is 0.316 e. The highest BCUT2D eigenvalue weighted by molar-refractivity contribution is 6.31. The monoisotopic (exact) mass is 307 g/mol. The molecule has 0 bridgehead atoms. The normalized spacial score (nSPS) is 11.8. The number of amides is 2. The number of carbonyl (C=O) groups excluding carboxylic acids is 1. The van der Waals surface area contributed by atoms with Crippen molar-refractivity contribution >= 4 is 29.0 Å². The number of urea groups is 1. The summed E-state index contributed by atoms with van der Waals surface area (Å²) >= 11 is 5.75. The number of nitrogens with two attached hydrogens (primary N) is 1. The fraction of sp³-hybridized carbons (Fsp3) is 0.133. The van der Waals surface area contributed by atoms with Gasteiger partial charge in [-0.25, -0.2) is 9.18 Å². The number of benzene rings is 2. The van der Waals surface area contributed by atoms with Crippen LogP contribution >= 0.6 is 11.6 Å². The molecule has 0 aromatic heterocycles. The lowest BCUT2D eigenvalue weighted by atomic mass is 10.1. The first-order valence-corrected chi connectivity index (χ1v) is 6.72. The Morgan fingerprint density at radius 1 is 1.24 bits per heavy atom. The third-order valence-electron chi connectivity index (χ3n) is 3.00. The highest BCUT2D eigenvalue weighted by Gasteiger charge is 2.10. The summed E-state index contributed by atoms with van der Waals surface area (Å²) < 4.78 is 13.8. The molecule has 0 aliphatic heterocycles. The fourth-order valence-electron chi connectivity index (χ4n) is 1.93. The van der Waals surface area contributed by atoms with Crippen molar-refractivity contribution in [3.05, 3.63) is 58.9 Å². The molecule has 1 unspecified atom stereocenters. The van der Waals surface area contributed by atoms with E-state index in [0.717, 1.165) is 5.56 Å². The van der Waals surface area contributed by atoms with Gasteiger partial charge in [-0.1, -0.05) is 29.8 Å². The van der Waals surface area contributed by atoms with Gasteiger partial charge in [-0.15, -0.1) is 0 Å². The lowest BCUT2D eigenvalue weighted by molar-refractivity contribution is 0.259. The molecule has 0 radical (unpaired) electrons. The summed E-state index contributed by atoms with van der Waals surface area (Å²) in [6, 6.07) is 11.2. The Bertz CT molecular complexity index is 646. The quantitative estimate of drug-likeness (QED) is 0.794. The average Bonchev–Trinajstić information content (AvgIpc) is 2.44. The molecule has 2 amide bonds. The van der Waals surface area contributed by atoms with Crippen LogP contribution in [0.1, 0.15) is 18.5 Å². The van der Waals surface area contributed by atoms with E-state index in [0.29, 0.717) is 11.4 Å². The van der Waals surface area contributed by atoms with Gasteiger partial charge in [0, 0.05) is 11.7 Å². The second kappa shape index (κ2) is 6.45. The predicted molar refractivity (Wildman–Crippen MR) is 83.1 cm³/mol. The standard InChI is InChI=1S/C15H15ClFN3O/c1-9(19-13-4-2-3-12(16)14(13)17)10-5-7-11(8-6-10)20-15(18)21/h2-9,19H,1H3,(H3,18,20,21). The van der Waals surface area contributed by atoms with Crippen molar-refractivity contribution in [2.75, 3.05) is 10.6 Å². The van der Waals surface area contributed by atoms with Crippen molar-refractivity contribution in [1.82, 2.24) is 0 Å². The molecule has 2 aromatic rings. The van der Waals surface area contributed by atoms with E-state index in [-0.39, 0.29) is 11.1 Å². The summed E-state index contributed by atoms with van der Waals surface area (Å²) in [6.07, 6.45) is 0. The zero-order valence-corrected chi connectivity index (χ0v) is 12.1. The molecule has 0 aliphatic rings. The van der Waals surface area contributed by atoms with Gasteiger partial charge in [-0.2, -0.15) is 0 Å². The lowest BCUT2D eigenvalue weighted by Crippen LogP contribution is -2.19. The second-order valence-electron chi connectivity index (χ2n) is 4.58. The number of rotatable bonds is 4. The summed E-state index contributed by atoms with van der Waals surface area (Å²) in [5.41, 5.74) is 6.92. The van der Waals surface area contributed by atoms with Gasteiger partial charge in [0.2, 0.25) is 0 Å². The summed E-state index contributed by atoms with van der Waals surface area (Å²) in [7, 11) is 0. The molecule has 0 saturated heterocycles. The van der Waals surface area contributed by atoms with Crippen LogP contribution in [0.4, 0.5) is 20.6 Å². The highest BCUT2D eigenvalue weighted by atomic mass is 35.5. The largest absolute Gasteiger partial charge is 0.376 e.